The van der Waals surface area contributed by atoms with E-state index < -0.39 is 28.1 Å². The molecule has 2 aromatic carbocycles. The van der Waals surface area contributed by atoms with E-state index in [1.54, 1.807) is 13.0 Å². The van der Waals surface area contributed by atoms with Crippen LogP contribution in [0.3, 0.4) is 0 Å². The molecule has 0 saturated carbocycles. The number of nitrogens with one attached hydrogen (secondary N) is 1. The summed E-state index contributed by atoms with van der Waals surface area (Å²) in [4.78, 5) is 9.68. The van der Waals surface area contributed by atoms with Gasteiger partial charge >= 0.3 is 5.69 Å². The number of halogens is 3. The van der Waals surface area contributed by atoms with Gasteiger partial charge in [-0.3, -0.25) is 10.1 Å². The molecule has 0 aliphatic rings. The maximum atomic E-state index is 13.6. The van der Waals surface area contributed by atoms with Crippen molar-refractivity contribution in [3.05, 3.63) is 69.0 Å². The van der Waals surface area contributed by atoms with Gasteiger partial charge in [0.25, 0.3) is 0 Å². The highest BCUT2D eigenvalue weighted by molar-refractivity contribution is 5.48. The predicted molar refractivity (Wildman–Crippen MR) is 71.5 cm³/mol. The minimum Gasteiger partial charge on any atom is -0.378 e. The molecule has 0 unspecified atom stereocenters. The van der Waals surface area contributed by atoms with Crippen molar-refractivity contribution >= 4 is 11.4 Å². The van der Waals surface area contributed by atoms with Gasteiger partial charge in [-0.1, -0.05) is 6.07 Å². The predicted octanol–water partition coefficient (Wildman–Crippen LogP) is 3.93. The molecule has 1 N–H and O–H groups in total. The minimum absolute atomic E-state index is 0.121. The van der Waals surface area contributed by atoms with Crippen molar-refractivity contribution in [2.45, 2.75) is 13.5 Å². The van der Waals surface area contributed by atoms with Gasteiger partial charge in [-0.15, -0.1) is 0 Å². The van der Waals surface area contributed by atoms with Crippen molar-refractivity contribution in [2.75, 3.05) is 5.32 Å². The third-order valence-corrected chi connectivity index (χ3v) is 2.90. The highest BCUT2D eigenvalue weighted by Gasteiger charge is 2.18. The molecule has 0 aromatic heterocycles. The van der Waals surface area contributed by atoms with Gasteiger partial charge in [0.1, 0.15) is 11.6 Å². The molecule has 0 amide bonds. The molecular weight excluding hydrogens is 285 g/mol. The summed E-state index contributed by atoms with van der Waals surface area (Å²) in [6.45, 7) is 1.56. The lowest BCUT2D eigenvalue weighted by Crippen LogP contribution is -2.05. The Morgan fingerprint density at radius 3 is 2.48 bits per heavy atom. The van der Waals surface area contributed by atoms with Crippen LogP contribution in [0.5, 0.6) is 0 Å². The first kappa shape index (κ1) is 14.8. The van der Waals surface area contributed by atoms with Crippen LogP contribution < -0.4 is 5.32 Å². The standard InChI is InChI=1S/C14H11F3N2O2/c1-8-2-3-10(15)13(4-8)18-7-9-5-14(19(20)21)12(17)6-11(9)16/h2-6,18H,7H2,1H3. The summed E-state index contributed by atoms with van der Waals surface area (Å²) in [5.41, 5.74) is -0.00671. The van der Waals surface area contributed by atoms with Crippen LogP contribution in [0.25, 0.3) is 0 Å². The lowest BCUT2D eigenvalue weighted by Gasteiger charge is -2.09. The number of hydrogen-bond donors (Lipinski definition) is 1. The fourth-order valence-electron chi connectivity index (χ4n) is 1.82. The van der Waals surface area contributed by atoms with Gasteiger partial charge in [0.2, 0.25) is 5.82 Å². The zero-order valence-electron chi connectivity index (χ0n) is 11.0. The second-order valence-corrected chi connectivity index (χ2v) is 4.49. The molecule has 0 fully saturated rings. The third kappa shape index (κ3) is 3.31. The monoisotopic (exact) mass is 296 g/mol. The number of aryl methyl sites for hydroxylation is 1. The first-order chi connectivity index (χ1) is 9.88. The van der Waals surface area contributed by atoms with E-state index in [0.29, 0.717) is 6.07 Å². The van der Waals surface area contributed by atoms with Gasteiger partial charge in [0.05, 0.1) is 10.6 Å². The molecule has 0 atom stereocenters. The molecule has 0 saturated heterocycles. The summed E-state index contributed by atoms with van der Waals surface area (Å²) in [6, 6.07) is 5.59. The highest BCUT2D eigenvalue weighted by Crippen LogP contribution is 2.23. The maximum absolute atomic E-state index is 13.6. The molecule has 0 aliphatic carbocycles. The average molecular weight is 296 g/mol. The molecule has 110 valence electrons. The van der Waals surface area contributed by atoms with Crippen LogP contribution in [-0.4, -0.2) is 4.92 Å². The van der Waals surface area contributed by atoms with Crippen molar-refractivity contribution < 1.29 is 18.1 Å². The number of hydrogen-bond acceptors (Lipinski definition) is 3. The van der Waals surface area contributed by atoms with E-state index in [1.165, 1.54) is 12.1 Å². The molecule has 0 radical (unpaired) electrons. The Hall–Kier alpha value is -2.57. The Morgan fingerprint density at radius 1 is 1.10 bits per heavy atom. The quantitative estimate of drug-likeness (QED) is 0.687. The van der Waals surface area contributed by atoms with Gasteiger partial charge in [0, 0.05) is 24.2 Å². The largest absolute Gasteiger partial charge is 0.378 e. The topological polar surface area (TPSA) is 55.2 Å². The summed E-state index contributed by atoms with van der Waals surface area (Å²) < 4.78 is 40.3. The van der Waals surface area contributed by atoms with E-state index >= 15 is 0 Å². The minimum atomic E-state index is -1.25. The molecule has 0 aliphatic heterocycles. The highest BCUT2D eigenvalue weighted by atomic mass is 19.1. The van der Waals surface area contributed by atoms with Gasteiger partial charge in [0.15, 0.2) is 0 Å². The van der Waals surface area contributed by atoms with Gasteiger partial charge in [-0.05, 0) is 24.6 Å². The van der Waals surface area contributed by atoms with Gasteiger partial charge in [-0.2, -0.15) is 4.39 Å². The van der Waals surface area contributed by atoms with E-state index in [4.69, 9.17) is 0 Å². The van der Waals surface area contributed by atoms with Crippen LogP contribution in [0.1, 0.15) is 11.1 Å². The normalized spacial score (nSPS) is 10.5. The van der Waals surface area contributed by atoms with Crippen LogP contribution in [0.2, 0.25) is 0 Å². The zero-order valence-corrected chi connectivity index (χ0v) is 11.0. The fraction of sp³-hybridized carbons (Fsp3) is 0.143. The second kappa shape index (κ2) is 5.82. The number of nitro groups is 1. The van der Waals surface area contributed by atoms with Crippen LogP contribution >= 0.6 is 0 Å². The fourth-order valence-corrected chi connectivity index (χ4v) is 1.82. The van der Waals surface area contributed by atoms with Crippen molar-refractivity contribution in [1.29, 1.82) is 0 Å². The van der Waals surface area contributed by atoms with Crippen molar-refractivity contribution in [2.24, 2.45) is 0 Å². The molecule has 0 spiro atoms. The Bertz CT molecular complexity index is 705. The van der Waals surface area contributed by atoms with E-state index in [0.717, 1.165) is 11.6 Å². The van der Waals surface area contributed by atoms with Crippen LogP contribution in [-0.2, 0) is 6.54 Å². The number of nitrogens with zero attached hydrogens (tertiary/aromatic N) is 1. The van der Waals surface area contributed by atoms with Crippen molar-refractivity contribution in [1.82, 2.24) is 0 Å². The lowest BCUT2D eigenvalue weighted by atomic mass is 10.1. The molecular formula is C14H11F3N2O2. The summed E-state index contributed by atoms with van der Waals surface area (Å²) in [6.07, 6.45) is 0. The Labute approximate surface area is 118 Å². The maximum Gasteiger partial charge on any atom is 0.305 e. The lowest BCUT2D eigenvalue weighted by molar-refractivity contribution is -0.387. The SMILES string of the molecule is Cc1ccc(F)c(NCc2cc([N+](=O)[O-])c(F)cc2F)c1. The first-order valence-corrected chi connectivity index (χ1v) is 6.01. The van der Waals surface area contributed by atoms with Crippen molar-refractivity contribution in [3.63, 3.8) is 0 Å². The van der Waals surface area contributed by atoms with E-state index in [9.17, 15) is 23.3 Å². The Balaban J connectivity index is 2.25. The first-order valence-electron chi connectivity index (χ1n) is 6.01. The third-order valence-electron chi connectivity index (χ3n) is 2.90. The van der Waals surface area contributed by atoms with Crippen LogP contribution in [0.15, 0.2) is 30.3 Å². The number of anilines is 1. The number of nitro benzene ring substituents is 1. The zero-order chi connectivity index (χ0) is 15.6. The molecule has 2 aromatic rings. The van der Waals surface area contributed by atoms with E-state index in [-0.39, 0.29) is 17.8 Å². The van der Waals surface area contributed by atoms with Crippen LogP contribution in [0, 0.1) is 34.5 Å². The molecule has 7 heteroatoms. The molecule has 21 heavy (non-hydrogen) atoms. The van der Waals surface area contributed by atoms with E-state index in [1.807, 2.05) is 0 Å². The average Bonchev–Trinajstić information content (AvgIpc) is 2.41. The summed E-state index contributed by atoms with van der Waals surface area (Å²) in [7, 11) is 0. The van der Waals surface area contributed by atoms with Gasteiger partial charge < -0.3 is 5.32 Å². The molecule has 2 rings (SSSR count). The van der Waals surface area contributed by atoms with E-state index in [2.05, 4.69) is 5.32 Å². The van der Waals surface area contributed by atoms with Gasteiger partial charge in [-0.25, -0.2) is 8.78 Å². The summed E-state index contributed by atoms with van der Waals surface area (Å²) in [5, 5.41) is 13.3. The second-order valence-electron chi connectivity index (χ2n) is 4.49. The number of rotatable bonds is 4. The number of benzene rings is 2. The Morgan fingerprint density at radius 2 is 1.81 bits per heavy atom. The van der Waals surface area contributed by atoms with Crippen molar-refractivity contribution in [3.8, 4) is 0 Å². The molecule has 4 nitrogen and oxygen atoms in total. The molecule has 0 heterocycles. The Kier molecular flexibility index (Phi) is 4.11. The summed E-state index contributed by atoms with van der Waals surface area (Å²) in [5.74, 6) is -2.71. The van der Waals surface area contributed by atoms with Crippen LogP contribution in [0.4, 0.5) is 24.5 Å². The molecule has 0 bridgehead atoms. The smallest absolute Gasteiger partial charge is 0.305 e. The summed E-state index contributed by atoms with van der Waals surface area (Å²) >= 11 is 0.